The number of halogens is 1. The zero-order chi connectivity index (χ0) is 17.4. The van der Waals surface area contributed by atoms with E-state index in [1.807, 2.05) is 18.4 Å². The lowest BCUT2D eigenvalue weighted by atomic mass is 10.2. The van der Waals surface area contributed by atoms with E-state index in [1.54, 1.807) is 0 Å². The average Bonchev–Trinajstić information content (AvgIpc) is 3.01. The highest BCUT2D eigenvalue weighted by Gasteiger charge is 2.10. The standard InChI is InChI=1S/C19H28N4S.HI/c1-15(23(4)14-17-8-6-5-7-9-17)12-21-19(20-3)22-13-18-11-10-16(2)24-18;/h5-11,15H,12-14H2,1-4H3,(H2,20,21,22);1H. The van der Waals surface area contributed by atoms with Crippen molar-refractivity contribution in [3.8, 4) is 0 Å². The molecule has 0 aliphatic carbocycles. The molecule has 0 spiro atoms. The largest absolute Gasteiger partial charge is 0.355 e. The Morgan fingerprint density at radius 1 is 1.16 bits per heavy atom. The van der Waals surface area contributed by atoms with Gasteiger partial charge in [-0.3, -0.25) is 9.89 Å². The summed E-state index contributed by atoms with van der Waals surface area (Å²) in [5.41, 5.74) is 1.34. The number of hydrogen-bond donors (Lipinski definition) is 2. The molecule has 0 amide bonds. The van der Waals surface area contributed by atoms with Crippen LogP contribution in [0.3, 0.4) is 0 Å². The van der Waals surface area contributed by atoms with Crippen LogP contribution < -0.4 is 10.6 Å². The predicted octanol–water partition coefficient (Wildman–Crippen LogP) is 3.86. The van der Waals surface area contributed by atoms with Gasteiger partial charge in [0.25, 0.3) is 0 Å². The number of thiophene rings is 1. The third-order valence-electron chi connectivity index (χ3n) is 4.04. The quantitative estimate of drug-likeness (QED) is 0.365. The van der Waals surface area contributed by atoms with Crippen LogP contribution in [0.2, 0.25) is 0 Å². The minimum absolute atomic E-state index is 0. The SMILES string of the molecule is CN=C(NCc1ccc(C)s1)NCC(C)N(C)Cc1ccccc1.I. The second-order valence-electron chi connectivity index (χ2n) is 6.07. The van der Waals surface area contributed by atoms with E-state index in [4.69, 9.17) is 0 Å². The van der Waals surface area contributed by atoms with Gasteiger partial charge in [0.15, 0.2) is 5.96 Å². The number of guanidine groups is 1. The van der Waals surface area contributed by atoms with Crippen molar-refractivity contribution >= 4 is 41.3 Å². The topological polar surface area (TPSA) is 39.7 Å². The van der Waals surface area contributed by atoms with Gasteiger partial charge in [0, 0.05) is 35.9 Å². The van der Waals surface area contributed by atoms with Gasteiger partial charge >= 0.3 is 0 Å². The molecular formula is C19H29IN4S. The summed E-state index contributed by atoms with van der Waals surface area (Å²) >= 11 is 1.82. The Kier molecular flexibility index (Phi) is 10.1. The molecule has 0 aliphatic rings. The van der Waals surface area contributed by atoms with Crippen LogP contribution in [0.15, 0.2) is 47.5 Å². The first-order valence-corrected chi connectivity index (χ1v) is 9.14. The van der Waals surface area contributed by atoms with Crippen molar-refractivity contribution in [3.63, 3.8) is 0 Å². The van der Waals surface area contributed by atoms with Crippen LogP contribution in [-0.2, 0) is 13.1 Å². The number of benzene rings is 1. The lowest BCUT2D eigenvalue weighted by molar-refractivity contribution is 0.249. The predicted molar refractivity (Wildman–Crippen MR) is 120 cm³/mol. The normalized spacial score (nSPS) is 12.6. The molecule has 0 saturated heterocycles. The molecule has 0 radical (unpaired) electrons. The van der Waals surface area contributed by atoms with Gasteiger partial charge in [-0.1, -0.05) is 30.3 Å². The first kappa shape index (κ1) is 21.9. The van der Waals surface area contributed by atoms with Crippen molar-refractivity contribution in [2.45, 2.75) is 33.0 Å². The van der Waals surface area contributed by atoms with E-state index in [-0.39, 0.29) is 24.0 Å². The van der Waals surface area contributed by atoms with Gasteiger partial charge in [-0.25, -0.2) is 0 Å². The van der Waals surface area contributed by atoms with Crippen LogP contribution in [0.1, 0.15) is 22.2 Å². The van der Waals surface area contributed by atoms with Gasteiger partial charge in [0.05, 0.1) is 6.54 Å². The van der Waals surface area contributed by atoms with Crippen LogP contribution in [0.25, 0.3) is 0 Å². The third-order valence-corrected chi connectivity index (χ3v) is 5.04. The Hall–Kier alpha value is -1.12. The Morgan fingerprint density at radius 3 is 2.48 bits per heavy atom. The molecule has 0 fully saturated rings. The van der Waals surface area contributed by atoms with Crippen LogP contribution in [0, 0.1) is 6.92 Å². The average molecular weight is 472 g/mol. The summed E-state index contributed by atoms with van der Waals surface area (Å²) in [5.74, 6) is 0.848. The second-order valence-corrected chi connectivity index (χ2v) is 7.44. The molecule has 1 atom stereocenters. The number of aryl methyl sites for hydroxylation is 1. The van der Waals surface area contributed by atoms with Crippen molar-refractivity contribution < 1.29 is 0 Å². The van der Waals surface area contributed by atoms with E-state index in [1.165, 1.54) is 15.3 Å². The van der Waals surface area contributed by atoms with Gasteiger partial charge in [0.1, 0.15) is 0 Å². The number of hydrogen-bond acceptors (Lipinski definition) is 3. The molecule has 0 bridgehead atoms. The number of nitrogens with zero attached hydrogens (tertiary/aromatic N) is 2. The van der Waals surface area contributed by atoms with Gasteiger partial charge in [-0.2, -0.15) is 0 Å². The molecule has 1 heterocycles. The Bertz CT molecular complexity index is 642. The van der Waals surface area contributed by atoms with Crippen molar-refractivity contribution in [2.24, 2.45) is 4.99 Å². The fraction of sp³-hybridized carbons (Fsp3) is 0.421. The van der Waals surface area contributed by atoms with Crippen LogP contribution in [-0.4, -0.2) is 37.5 Å². The number of aliphatic imine (C=N–C) groups is 1. The highest BCUT2D eigenvalue weighted by Crippen LogP contribution is 2.14. The lowest BCUT2D eigenvalue weighted by Crippen LogP contribution is -2.44. The van der Waals surface area contributed by atoms with Crippen molar-refractivity contribution in [1.29, 1.82) is 0 Å². The molecule has 1 aromatic carbocycles. The van der Waals surface area contributed by atoms with Crippen LogP contribution >= 0.6 is 35.3 Å². The molecule has 2 N–H and O–H groups in total. The highest BCUT2D eigenvalue weighted by molar-refractivity contribution is 14.0. The van der Waals surface area contributed by atoms with Gasteiger partial charge in [-0.05, 0) is 38.6 Å². The van der Waals surface area contributed by atoms with Crippen molar-refractivity contribution in [3.05, 3.63) is 57.8 Å². The third kappa shape index (κ3) is 7.75. The molecule has 2 aromatic rings. The maximum Gasteiger partial charge on any atom is 0.191 e. The number of nitrogens with one attached hydrogen (secondary N) is 2. The van der Waals surface area contributed by atoms with E-state index in [0.717, 1.165) is 25.6 Å². The maximum absolute atomic E-state index is 4.31. The van der Waals surface area contributed by atoms with Crippen molar-refractivity contribution in [2.75, 3.05) is 20.6 Å². The summed E-state index contributed by atoms with van der Waals surface area (Å²) in [6, 6.07) is 15.3. The van der Waals surface area contributed by atoms with Gasteiger partial charge in [0.2, 0.25) is 0 Å². The fourth-order valence-electron chi connectivity index (χ4n) is 2.40. The first-order valence-electron chi connectivity index (χ1n) is 8.32. The Labute approximate surface area is 172 Å². The zero-order valence-electron chi connectivity index (χ0n) is 15.5. The second kappa shape index (κ2) is 11.5. The van der Waals surface area contributed by atoms with E-state index < -0.39 is 0 Å². The van der Waals surface area contributed by atoms with E-state index in [9.17, 15) is 0 Å². The molecule has 138 valence electrons. The van der Waals surface area contributed by atoms with Gasteiger partial charge < -0.3 is 10.6 Å². The smallest absolute Gasteiger partial charge is 0.191 e. The number of rotatable bonds is 7. The molecule has 4 nitrogen and oxygen atoms in total. The van der Waals surface area contributed by atoms with Gasteiger partial charge in [-0.15, -0.1) is 35.3 Å². The highest BCUT2D eigenvalue weighted by atomic mass is 127. The molecule has 0 aliphatic heterocycles. The minimum Gasteiger partial charge on any atom is -0.355 e. The zero-order valence-corrected chi connectivity index (χ0v) is 18.6. The summed E-state index contributed by atoms with van der Waals surface area (Å²) in [7, 11) is 3.97. The summed E-state index contributed by atoms with van der Waals surface area (Å²) in [4.78, 5) is 9.31. The molecule has 1 aromatic heterocycles. The first-order chi connectivity index (χ1) is 11.6. The van der Waals surface area contributed by atoms with Crippen LogP contribution in [0.5, 0.6) is 0 Å². The molecular weight excluding hydrogens is 443 g/mol. The molecule has 1 unspecified atom stereocenters. The molecule has 0 saturated carbocycles. The van der Waals surface area contributed by atoms with E-state index in [0.29, 0.717) is 6.04 Å². The molecule has 2 rings (SSSR count). The summed E-state index contributed by atoms with van der Waals surface area (Å²) < 4.78 is 0. The number of likely N-dealkylation sites (N-methyl/N-ethyl adjacent to an activating group) is 1. The maximum atomic E-state index is 4.31. The summed E-state index contributed by atoms with van der Waals surface area (Å²) in [6.45, 7) is 6.97. The van der Waals surface area contributed by atoms with Crippen LogP contribution in [0.4, 0.5) is 0 Å². The van der Waals surface area contributed by atoms with E-state index in [2.05, 4.69) is 83.9 Å². The van der Waals surface area contributed by atoms with Crippen molar-refractivity contribution in [1.82, 2.24) is 15.5 Å². The Balaban J connectivity index is 0.00000312. The molecule has 25 heavy (non-hydrogen) atoms. The molecule has 6 heteroatoms. The van der Waals surface area contributed by atoms with E-state index >= 15 is 0 Å². The lowest BCUT2D eigenvalue weighted by Gasteiger charge is -2.25. The fourth-order valence-corrected chi connectivity index (χ4v) is 3.23. The summed E-state index contributed by atoms with van der Waals surface area (Å²) in [6.07, 6.45) is 0. The minimum atomic E-state index is 0. The monoisotopic (exact) mass is 472 g/mol. The Morgan fingerprint density at radius 2 is 1.88 bits per heavy atom. The summed E-state index contributed by atoms with van der Waals surface area (Å²) in [5, 5.41) is 6.79.